The molecule has 0 saturated carbocycles. The summed E-state index contributed by atoms with van der Waals surface area (Å²) >= 11 is 0. The second-order valence-electron chi connectivity index (χ2n) is 7.35. The normalized spacial score (nSPS) is 12.2. The van der Waals surface area contributed by atoms with Crippen molar-refractivity contribution in [3.8, 4) is 0 Å². The molecule has 3 aromatic rings. The van der Waals surface area contributed by atoms with Crippen LogP contribution in [-0.4, -0.2) is 30.7 Å². The van der Waals surface area contributed by atoms with Crippen LogP contribution in [0.3, 0.4) is 0 Å². The summed E-state index contributed by atoms with van der Waals surface area (Å²) in [7, 11) is -3.76. The molecule has 1 amide bonds. The van der Waals surface area contributed by atoms with E-state index in [2.05, 4.69) is 5.32 Å². The summed E-state index contributed by atoms with van der Waals surface area (Å²) in [4.78, 5) is 23.4. The minimum Gasteiger partial charge on any atom is -0.478 e. The van der Waals surface area contributed by atoms with Gasteiger partial charge in [0.05, 0.1) is 21.4 Å². The van der Waals surface area contributed by atoms with Crippen molar-refractivity contribution in [2.75, 3.05) is 5.32 Å². The number of carboxylic acids is 1. The highest BCUT2D eigenvalue weighted by Crippen LogP contribution is 2.27. The molecule has 6 nitrogen and oxygen atoms in total. The number of carbonyl (C=O) groups is 2. The summed E-state index contributed by atoms with van der Waals surface area (Å²) < 4.78 is 39.5. The van der Waals surface area contributed by atoms with Gasteiger partial charge >= 0.3 is 5.97 Å². The Hall–Kier alpha value is -3.52. The molecule has 3 rings (SSSR count). The molecule has 1 atom stereocenters. The zero-order valence-corrected chi connectivity index (χ0v) is 18.1. The number of benzene rings is 3. The highest BCUT2D eigenvalue weighted by molar-refractivity contribution is 7.92. The zero-order chi connectivity index (χ0) is 23.3. The van der Waals surface area contributed by atoms with E-state index in [1.807, 2.05) is 0 Å². The van der Waals surface area contributed by atoms with Crippen molar-refractivity contribution >= 4 is 27.4 Å². The first-order chi connectivity index (χ1) is 15.2. The Morgan fingerprint density at radius 2 is 1.53 bits per heavy atom. The number of rotatable bonds is 8. The molecule has 166 valence electrons. The van der Waals surface area contributed by atoms with Gasteiger partial charge in [-0.05, 0) is 73.9 Å². The molecule has 0 aliphatic rings. The van der Waals surface area contributed by atoms with Crippen molar-refractivity contribution in [3.05, 3.63) is 95.3 Å². The lowest BCUT2D eigenvalue weighted by atomic mass is 10.1. The molecular weight excluding hydrogens is 433 g/mol. The van der Waals surface area contributed by atoms with Crippen molar-refractivity contribution in [1.82, 2.24) is 0 Å². The van der Waals surface area contributed by atoms with E-state index in [0.29, 0.717) is 12.8 Å². The van der Waals surface area contributed by atoms with E-state index in [9.17, 15) is 22.4 Å². The molecule has 0 aliphatic heterocycles. The molecule has 0 aromatic heterocycles. The molecular formula is C24H22FNO5S. The molecule has 0 spiro atoms. The monoisotopic (exact) mass is 455 g/mol. The van der Waals surface area contributed by atoms with Gasteiger partial charge in [-0.2, -0.15) is 0 Å². The Morgan fingerprint density at radius 3 is 2.16 bits per heavy atom. The lowest BCUT2D eigenvalue weighted by molar-refractivity contribution is 0.0696. The highest BCUT2D eigenvalue weighted by Gasteiger charge is 2.26. The van der Waals surface area contributed by atoms with Crippen molar-refractivity contribution in [2.45, 2.75) is 29.9 Å². The van der Waals surface area contributed by atoms with Crippen LogP contribution >= 0.6 is 0 Å². The number of hydrogen-bond donors (Lipinski definition) is 2. The average Bonchev–Trinajstić information content (AvgIpc) is 2.78. The van der Waals surface area contributed by atoms with E-state index < -0.39 is 32.8 Å². The fourth-order valence-electron chi connectivity index (χ4n) is 3.17. The molecule has 2 N–H and O–H groups in total. The van der Waals surface area contributed by atoms with Crippen LogP contribution in [0.25, 0.3) is 0 Å². The lowest BCUT2D eigenvalue weighted by Crippen LogP contribution is -2.21. The van der Waals surface area contributed by atoms with Crippen LogP contribution in [0.1, 0.15) is 39.6 Å². The van der Waals surface area contributed by atoms with E-state index in [1.54, 1.807) is 31.2 Å². The molecule has 0 aliphatic carbocycles. The number of anilines is 1. The second-order valence-corrected chi connectivity index (χ2v) is 9.69. The molecule has 0 radical (unpaired) electrons. The molecule has 0 saturated heterocycles. The molecule has 3 aromatic carbocycles. The largest absolute Gasteiger partial charge is 0.478 e. The van der Waals surface area contributed by atoms with Crippen molar-refractivity contribution in [3.63, 3.8) is 0 Å². The smallest absolute Gasteiger partial charge is 0.335 e. The summed E-state index contributed by atoms with van der Waals surface area (Å²) in [6.45, 7) is 1.60. The third-order valence-electron chi connectivity index (χ3n) is 5.12. The van der Waals surface area contributed by atoms with E-state index in [1.165, 1.54) is 36.4 Å². The molecule has 32 heavy (non-hydrogen) atoms. The van der Waals surface area contributed by atoms with Gasteiger partial charge in [0.1, 0.15) is 5.82 Å². The van der Waals surface area contributed by atoms with Gasteiger partial charge in [0.15, 0.2) is 9.84 Å². The maximum absolute atomic E-state index is 13.2. The van der Waals surface area contributed by atoms with Crippen LogP contribution in [0, 0.1) is 5.82 Å². The third-order valence-corrected chi connectivity index (χ3v) is 7.38. The fraction of sp³-hybridized carbons (Fsp3) is 0.167. The van der Waals surface area contributed by atoms with E-state index in [-0.39, 0.29) is 21.7 Å². The number of hydrogen-bond acceptors (Lipinski definition) is 4. The minimum absolute atomic E-state index is 0.00388. The number of aryl methyl sites for hydroxylation is 1. The predicted molar refractivity (Wildman–Crippen MR) is 119 cm³/mol. The van der Waals surface area contributed by atoms with E-state index in [4.69, 9.17) is 5.11 Å². The summed E-state index contributed by atoms with van der Waals surface area (Å²) in [6.07, 6.45) is 0.763. The number of halogens is 1. The maximum atomic E-state index is 13.2. The van der Waals surface area contributed by atoms with Crippen LogP contribution in [0.15, 0.2) is 77.7 Å². The molecule has 0 bridgehead atoms. The SMILES string of the molecule is CC(CCc1ccc(C(=O)O)cc1)S(=O)(=O)c1ccccc1NC(=O)c1ccc(F)cc1. The Kier molecular flexibility index (Phi) is 7.05. The van der Waals surface area contributed by atoms with Gasteiger partial charge in [-0.25, -0.2) is 17.6 Å². The first-order valence-corrected chi connectivity index (χ1v) is 11.4. The van der Waals surface area contributed by atoms with Crippen LogP contribution in [0.4, 0.5) is 10.1 Å². The second kappa shape index (κ2) is 9.74. The van der Waals surface area contributed by atoms with Gasteiger partial charge in [-0.15, -0.1) is 0 Å². The van der Waals surface area contributed by atoms with Gasteiger partial charge in [0, 0.05) is 5.56 Å². The topological polar surface area (TPSA) is 101 Å². The third kappa shape index (κ3) is 5.39. The van der Waals surface area contributed by atoms with Crippen molar-refractivity contribution in [1.29, 1.82) is 0 Å². The zero-order valence-electron chi connectivity index (χ0n) is 17.3. The van der Waals surface area contributed by atoms with Gasteiger partial charge < -0.3 is 10.4 Å². The summed E-state index contributed by atoms with van der Waals surface area (Å²) in [5, 5.41) is 10.8. The Morgan fingerprint density at radius 1 is 0.938 bits per heavy atom. The number of carboxylic acid groups (broad SMARTS) is 1. The number of sulfone groups is 1. The van der Waals surface area contributed by atoms with Crippen LogP contribution in [-0.2, 0) is 16.3 Å². The van der Waals surface area contributed by atoms with Crippen molar-refractivity contribution in [2.24, 2.45) is 0 Å². The number of para-hydroxylation sites is 1. The van der Waals surface area contributed by atoms with Gasteiger partial charge in [0.2, 0.25) is 0 Å². The van der Waals surface area contributed by atoms with Crippen LogP contribution in [0.5, 0.6) is 0 Å². The number of carbonyl (C=O) groups excluding carboxylic acids is 1. The Balaban J connectivity index is 1.75. The van der Waals surface area contributed by atoms with E-state index >= 15 is 0 Å². The average molecular weight is 456 g/mol. The predicted octanol–water partition coefficient (Wildman–Crippen LogP) is 4.57. The van der Waals surface area contributed by atoms with Crippen molar-refractivity contribution < 1.29 is 27.5 Å². The van der Waals surface area contributed by atoms with Crippen LogP contribution < -0.4 is 5.32 Å². The lowest BCUT2D eigenvalue weighted by Gasteiger charge is -2.17. The highest BCUT2D eigenvalue weighted by atomic mass is 32.2. The Bertz CT molecular complexity index is 1220. The first kappa shape index (κ1) is 23.1. The van der Waals surface area contributed by atoms with Gasteiger partial charge in [-0.3, -0.25) is 4.79 Å². The Labute approximate surface area is 185 Å². The van der Waals surface area contributed by atoms with Gasteiger partial charge in [-0.1, -0.05) is 24.3 Å². The van der Waals surface area contributed by atoms with E-state index in [0.717, 1.165) is 17.7 Å². The molecule has 0 heterocycles. The minimum atomic E-state index is -3.76. The number of aromatic carboxylic acids is 1. The summed E-state index contributed by atoms with van der Waals surface area (Å²) in [5.41, 5.74) is 1.35. The molecule has 8 heteroatoms. The number of nitrogens with one attached hydrogen (secondary N) is 1. The molecule has 0 fully saturated rings. The van der Waals surface area contributed by atoms with Crippen LogP contribution in [0.2, 0.25) is 0 Å². The summed E-state index contributed by atoms with van der Waals surface area (Å²) in [5.74, 6) is -2.04. The fourth-order valence-corrected chi connectivity index (χ4v) is 4.73. The van der Waals surface area contributed by atoms with Gasteiger partial charge in [0.25, 0.3) is 5.91 Å². The maximum Gasteiger partial charge on any atom is 0.335 e. The quantitative estimate of drug-likeness (QED) is 0.518. The summed E-state index contributed by atoms with van der Waals surface area (Å²) in [6, 6.07) is 17.4. The first-order valence-electron chi connectivity index (χ1n) is 9.90. The number of amides is 1. The standard InChI is InChI=1S/C24H22FNO5S/c1-16(6-7-17-8-10-19(11-9-17)24(28)29)32(30,31)22-5-3-2-4-21(22)26-23(27)18-12-14-20(25)15-13-18/h2-5,8-16H,6-7H2,1H3,(H,26,27)(H,28,29). The molecule has 1 unspecified atom stereocenters.